The average Bonchev–Trinajstić information content (AvgIpc) is 2.55. The van der Waals surface area contributed by atoms with Gasteiger partial charge in [0.1, 0.15) is 5.82 Å². The van der Waals surface area contributed by atoms with Crippen LogP contribution in [0.4, 0.5) is 10.1 Å². The van der Waals surface area contributed by atoms with E-state index in [1.165, 1.54) is 6.07 Å². The van der Waals surface area contributed by atoms with Gasteiger partial charge in [-0.15, -0.1) is 0 Å². The standard InChI is InChI=1S/C18H18FNO2/c1-22-12-13-7-9-15(10-8-13)18(21)20-11-3-5-14-4-2-6-16(19)17(14)20/h2,4,6-10H,3,5,11-12H2,1H3. The van der Waals surface area contributed by atoms with Gasteiger partial charge in [-0.3, -0.25) is 4.79 Å². The van der Waals surface area contributed by atoms with Crippen molar-refractivity contribution in [1.29, 1.82) is 0 Å². The van der Waals surface area contributed by atoms with Crippen LogP contribution in [0.2, 0.25) is 0 Å². The Bertz CT molecular complexity index is 682. The summed E-state index contributed by atoms with van der Waals surface area (Å²) in [7, 11) is 1.63. The molecule has 0 spiro atoms. The lowest BCUT2D eigenvalue weighted by atomic mass is 10.00. The lowest BCUT2D eigenvalue weighted by Crippen LogP contribution is -2.36. The number of nitrogens with zero attached hydrogens (tertiary/aromatic N) is 1. The minimum atomic E-state index is -0.332. The van der Waals surface area contributed by atoms with Crippen LogP contribution in [0, 0.1) is 5.82 Å². The maximum atomic E-state index is 14.2. The van der Waals surface area contributed by atoms with Crippen LogP contribution in [-0.4, -0.2) is 19.6 Å². The van der Waals surface area contributed by atoms with Crippen LogP contribution in [0.3, 0.4) is 0 Å². The summed E-state index contributed by atoms with van der Waals surface area (Å²) in [6.07, 6.45) is 1.66. The molecule has 114 valence electrons. The number of halogens is 1. The van der Waals surface area contributed by atoms with E-state index in [4.69, 9.17) is 4.74 Å². The Morgan fingerprint density at radius 3 is 2.73 bits per heavy atom. The lowest BCUT2D eigenvalue weighted by Gasteiger charge is -2.30. The second kappa shape index (κ2) is 6.28. The van der Waals surface area contributed by atoms with Crippen molar-refractivity contribution in [2.24, 2.45) is 0 Å². The number of hydrogen-bond donors (Lipinski definition) is 0. The van der Waals surface area contributed by atoms with E-state index >= 15 is 0 Å². The SMILES string of the molecule is COCc1ccc(C(=O)N2CCCc3cccc(F)c32)cc1. The number of amides is 1. The van der Waals surface area contributed by atoms with Crippen molar-refractivity contribution in [2.45, 2.75) is 19.4 Å². The summed E-state index contributed by atoms with van der Waals surface area (Å²) in [5.74, 6) is -0.489. The molecule has 2 aromatic rings. The highest BCUT2D eigenvalue weighted by atomic mass is 19.1. The monoisotopic (exact) mass is 299 g/mol. The van der Waals surface area contributed by atoms with E-state index in [1.54, 1.807) is 30.2 Å². The molecule has 2 aromatic carbocycles. The lowest BCUT2D eigenvalue weighted by molar-refractivity contribution is 0.0984. The fourth-order valence-electron chi connectivity index (χ4n) is 2.87. The van der Waals surface area contributed by atoms with Crippen LogP contribution in [0.1, 0.15) is 27.9 Å². The highest BCUT2D eigenvalue weighted by molar-refractivity contribution is 6.06. The zero-order chi connectivity index (χ0) is 15.5. The number of carbonyl (C=O) groups is 1. The van der Waals surface area contributed by atoms with Gasteiger partial charge in [0.05, 0.1) is 12.3 Å². The van der Waals surface area contributed by atoms with Crippen LogP contribution in [-0.2, 0) is 17.8 Å². The molecule has 1 aliphatic rings. The highest BCUT2D eigenvalue weighted by Gasteiger charge is 2.26. The van der Waals surface area contributed by atoms with Crippen molar-refractivity contribution in [2.75, 3.05) is 18.6 Å². The molecular formula is C18H18FNO2. The molecule has 0 unspecified atom stereocenters. The fraction of sp³-hybridized carbons (Fsp3) is 0.278. The van der Waals surface area contributed by atoms with Crippen LogP contribution in [0.25, 0.3) is 0 Å². The molecule has 0 fully saturated rings. The van der Waals surface area contributed by atoms with Gasteiger partial charge in [-0.2, -0.15) is 0 Å². The van der Waals surface area contributed by atoms with Gasteiger partial charge in [-0.1, -0.05) is 24.3 Å². The third-order valence-electron chi connectivity index (χ3n) is 3.93. The van der Waals surface area contributed by atoms with Gasteiger partial charge in [0, 0.05) is 19.2 Å². The Labute approximate surface area is 129 Å². The Morgan fingerprint density at radius 2 is 2.00 bits per heavy atom. The van der Waals surface area contributed by atoms with Crippen molar-refractivity contribution in [3.63, 3.8) is 0 Å². The smallest absolute Gasteiger partial charge is 0.258 e. The number of anilines is 1. The number of para-hydroxylation sites is 1. The maximum Gasteiger partial charge on any atom is 0.258 e. The first-order chi connectivity index (χ1) is 10.7. The van der Waals surface area contributed by atoms with Gasteiger partial charge in [0.25, 0.3) is 5.91 Å². The number of fused-ring (bicyclic) bond motifs is 1. The number of ether oxygens (including phenoxy) is 1. The van der Waals surface area contributed by atoms with Gasteiger partial charge in [0.15, 0.2) is 0 Å². The second-order valence-electron chi connectivity index (χ2n) is 5.44. The maximum absolute atomic E-state index is 14.2. The van der Waals surface area contributed by atoms with E-state index in [2.05, 4.69) is 0 Å². The van der Waals surface area contributed by atoms with Crippen LogP contribution in [0.5, 0.6) is 0 Å². The second-order valence-corrected chi connectivity index (χ2v) is 5.44. The van der Waals surface area contributed by atoms with Gasteiger partial charge < -0.3 is 9.64 Å². The van der Waals surface area contributed by atoms with E-state index < -0.39 is 0 Å². The van der Waals surface area contributed by atoms with Crippen molar-refractivity contribution >= 4 is 11.6 Å². The quantitative estimate of drug-likeness (QED) is 0.867. The molecule has 0 radical (unpaired) electrons. The third-order valence-corrected chi connectivity index (χ3v) is 3.93. The molecule has 1 amide bonds. The van der Waals surface area contributed by atoms with Gasteiger partial charge in [-0.25, -0.2) is 4.39 Å². The average molecular weight is 299 g/mol. The fourth-order valence-corrected chi connectivity index (χ4v) is 2.87. The summed E-state index contributed by atoms with van der Waals surface area (Å²) in [6, 6.07) is 12.3. The van der Waals surface area contributed by atoms with E-state index in [1.807, 2.05) is 18.2 Å². The summed E-state index contributed by atoms with van der Waals surface area (Å²) in [5.41, 5.74) is 2.90. The van der Waals surface area contributed by atoms with E-state index in [9.17, 15) is 9.18 Å². The van der Waals surface area contributed by atoms with E-state index in [0.29, 0.717) is 24.4 Å². The molecule has 3 rings (SSSR count). The van der Waals surface area contributed by atoms with Crippen molar-refractivity contribution in [1.82, 2.24) is 0 Å². The van der Waals surface area contributed by atoms with Crippen LogP contribution in [0.15, 0.2) is 42.5 Å². The number of hydrogen-bond acceptors (Lipinski definition) is 2. The Balaban J connectivity index is 1.90. The zero-order valence-corrected chi connectivity index (χ0v) is 12.5. The molecule has 0 aliphatic carbocycles. The Hall–Kier alpha value is -2.20. The van der Waals surface area contributed by atoms with Crippen molar-refractivity contribution in [3.05, 3.63) is 65.0 Å². The Kier molecular flexibility index (Phi) is 4.20. The molecule has 4 heteroatoms. The summed E-state index contributed by atoms with van der Waals surface area (Å²) in [5, 5.41) is 0. The molecule has 0 saturated heterocycles. The molecule has 0 bridgehead atoms. The molecule has 22 heavy (non-hydrogen) atoms. The number of methoxy groups -OCH3 is 1. The highest BCUT2D eigenvalue weighted by Crippen LogP contribution is 2.31. The molecule has 0 N–H and O–H groups in total. The minimum Gasteiger partial charge on any atom is -0.380 e. The summed E-state index contributed by atoms with van der Waals surface area (Å²) in [6.45, 7) is 1.06. The van der Waals surface area contributed by atoms with Crippen molar-refractivity contribution < 1.29 is 13.9 Å². The summed E-state index contributed by atoms with van der Waals surface area (Å²) < 4.78 is 19.2. The first-order valence-electron chi connectivity index (χ1n) is 7.38. The van der Waals surface area contributed by atoms with E-state index in [-0.39, 0.29) is 11.7 Å². The predicted octanol–water partition coefficient (Wildman–Crippen LogP) is 3.57. The number of benzene rings is 2. The summed E-state index contributed by atoms with van der Waals surface area (Å²) in [4.78, 5) is 14.3. The summed E-state index contributed by atoms with van der Waals surface area (Å²) >= 11 is 0. The molecular weight excluding hydrogens is 281 g/mol. The van der Waals surface area contributed by atoms with Gasteiger partial charge >= 0.3 is 0 Å². The molecule has 0 aromatic heterocycles. The number of aryl methyl sites for hydroxylation is 1. The van der Waals surface area contributed by atoms with Crippen LogP contribution < -0.4 is 4.90 Å². The minimum absolute atomic E-state index is 0.157. The molecule has 0 atom stereocenters. The third kappa shape index (κ3) is 2.74. The molecule has 3 nitrogen and oxygen atoms in total. The first kappa shape index (κ1) is 14.7. The first-order valence-corrected chi connectivity index (χ1v) is 7.38. The zero-order valence-electron chi connectivity index (χ0n) is 12.5. The van der Waals surface area contributed by atoms with Gasteiger partial charge in [-0.05, 0) is 42.2 Å². The molecule has 1 heterocycles. The normalized spacial score (nSPS) is 13.8. The topological polar surface area (TPSA) is 29.5 Å². The van der Waals surface area contributed by atoms with Crippen molar-refractivity contribution in [3.8, 4) is 0 Å². The van der Waals surface area contributed by atoms with Gasteiger partial charge in [0.2, 0.25) is 0 Å². The predicted molar refractivity (Wildman–Crippen MR) is 83.6 cm³/mol. The van der Waals surface area contributed by atoms with E-state index in [0.717, 1.165) is 24.0 Å². The molecule has 1 aliphatic heterocycles. The number of carbonyl (C=O) groups excluding carboxylic acids is 1. The largest absolute Gasteiger partial charge is 0.380 e. The molecule has 0 saturated carbocycles. The Morgan fingerprint density at radius 1 is 1.23 bits per heavy atom. The van der Waals surface area contributed by atoms with Crippen LogP contribution >= 0.6 is 0 Å². The number of rotatable bonds is 3.